The Morgan fingerprint density at radius 1 is 1.11 bits per heavy atom. The molecule has 0 aromatic heterocycles. The van der Waals surface area contributed by atoms with Gasteiger partial charge in [-0.2, -0.15) is 0 Å². The minimum absolute atomic E-state index is 0.0179. The quantitative estimate of drug-likeness (QED) is 0.558. The van der Waals surface area contributed by atoms with Gasteiger partial charge in [0.1, 0.15) is 6.10 Å². The maximum Gasteiger partial charge on any atom is 0.252 e. The zero-order valence-corrected chi connectivity index (χ0v) is 11.7. The molecule has 0 radical (unpaired) electrons. The molecule has 19 heavy (non-hydrogen) atoms. The monoisotopic (exact) mass is 261 g/mol. The first-order valence-electron chi connectivity index (χ1n) is 7.66. The van der Waals surface area contributed by atoms with Gasteiger partial charge in [0.15, 0.2) is 0 Å². The third-order valence-electron chi connectivity index (χ3n) is 4.60. The molecule has 0 saturated heterocycles. The molecule has 0 aromatic rings. The van der Waals surface area contributed by atoms with Crippen molar-refractivity contribution in [2.45, 2.75) is 64.4 Å². The van der Waals surface area contributed by atoms with E-state index in [4.69, 9.17) is 4.84 Å². The molecule has 3 aliphatic rings. The van der Waals surface area contributed by atoms with Crippen LogP contribution in [0.25, 0.3) is 0 Å². The number of allylic oxidation sites excluding steroid dienone is 3. The number of hydrogen-bond donors (Lipinski definition) is 0. The number of nitrogens with zero attached hydrogens (tertiary/aromatic N) is 1. The third kappa shape index (κ3) is 2.43. The van der Waals surface area contributed by atoms with Crippen LogP contribution in [0.2, 0.25) is 0 Å². The summed E-state index contributed by atoms with van der Waals surface area (Å²) >= 11 is 0. The second-order valence-corrected chi connectivity index (χ2v) is 5.96. The summed E-state index contributed by atoms with van der Waals surface area (Å²) in [6.45, 7) is 2.14. The first-order valence-corrected chi connectivity index (χ1v) is 7.66. The average Bonchev–Trinajstić information content (AvgIpc) is 2.76. The van der Waals surface area contributed by atoms with E-state index in [-0.39, 0.29) is 12.0 Å². The maximum absolute atomic E-state index is 12.1. The second kappa shape index (κ2) is 5.40. The summed E-state index contributed by atoms with van der Waals surface area (Å²) < 4.78 is 0. The molecule has 0 fully saturated rings. The molecule has 0 aromatic carbocycles. The molecule has 3 nitrogen and oxygen atoms in total. The van der Waals surface area contributed by atoms with Crippen molar-refractivity contribution in [2.75, 3.05) is 0 Å². The molecule has 0 amide bonds. The molecule has 3 heteroatoms. The SMILES string of the molecule is C[C@@H]1C(C2=CCCCC2)=[N+]([O-])O[C@H]1C1=CCCCC1. The Labute approximate surface area is 115 Å². The van der Waals surface area contributed by atoms with Crippen LogP contribution in [0.1, 0.15) is 58.3 Å². The summed E-state index contributed by atoms with van der Waals surface area (Å²) in [5.74, 6) is 0.200. The Balaban J connectivity index is 1.80. The van der Waals surface area contributed by atoms with Crippen LogP contribution < -0.4 is 0 Å². The lowest BCUT2D eigenvalue weighted by molar-refractivity contribution is -0.738. The summed E-state index contributed by atoms with van der Waals surface area (Å²) in [5, 5.41) is 12.1. The van der Waals surface area contributed by atoms with Crippen LogP contribution in [-0.2, 0) is 4.84 Å². The van der Waals surface area contributed by atoms with E-state index in [9.17, 15) is 5.21 Å². The van der Waals surface area contributed by atoms with E-state index >= 15 is 0 Å². The third-order valence-corrected chi connectivity index (χ3v) is 4.60. The smallest absolute Gasteiger partial charge is 0.252 e. The highest BCUT2D eigenvalue weighted by Gasteiger charge is 2.40. The van der Waals surface area contributed by atoms with E-state index in [0.29, 0.717) is 0 Å². The molecule has 0 spiro atoms. The minimum atomic E-state index is -0.0179. The Morgan fingerprint density at radius 3 is 2.47 bits per heavy atom. The first kappa shape index (κ1) is 12.8. The van der Waals surface area contributed by atoms with Crippen LogP contribution in [0.4, 0.5) is 0 Å². The molecule has 0 unspecified atom stereocenters. The van der Waals surface area contributed by atoms with Crippen LogP contribution in [-0.4, -0.2) is 16.7 Å². The van der Waals surface area contributed by atoms with E-state index in [2.05, 4.69) is 19.1 Å². The van der Waals surface area contributed by atoms with Gasteiger partial charge in [0, 0.05) is 10.5 Å². The summed E-state index contributed by atoms with van der Waals surface area (Å²) in [7, 11) is 0. The Hall–Kier alpha value is -1.25. The molecular formula is C16H23NO2. The van der Waals surface area contributed by atoms with Gasteiger partial charge in [0.05, 0.1) is 5.92 Å². The first-order chi connectivity index (χ1) is 9.27. The molecule has 3 rings (SSSR count). The summed E-state index contributed by atoms with van der Waals surface area (Å²) in [6.07, 6.45) is 13.8. The molecule has 104 valence electrons. The molecule has 1 heterocycles. The fourth-order valence-electron chi connectivity index (χ4n) is 3.55. The molecule has 2 atom stereocenters. The Kier molecular flexibility index (Phi) is 3.63. The van der Waals surface area contributed by atoms with Gasteiger partial charge in [-0.1, -0.05) is 24.6 Å². The fraction of sp³-hybridized carbons (Fsp3) is 0.688. The molecule has 2 aliphatic carbocycles. The predicted molar refractivity (Wildman–Crippen MR) is 75.8 cm³/mol. The topological polar surface area (TPSA) is 35.3 Å². The zero-order valence-electron chi connectivity index (χ0n) is 11.7. The van der Waals surface area contributed by atoms with Crippen molar-refractivity contribution < 1.29 is 9.74 Å². The van der Waals surface area contributed by atoms with Gasteiger partial charge < -0.3 is 4.84 Å². The van der Waals surface area contributed by atoms with Crippen LogP contribution in [0.3, 0.4) is 0 Å². The number of hydrogen-bond acceptors (Lipinski definition) is 2. The lowest BCUT2D eigenvalue weighted by Crippen LogP contribution is -2.25. The van der Waals surface area contributed by atoms with Crippen molar-refractivity contribution in [1.82, 2.24) is 0 Å². The van der Waals surface area contributed by atoms with E-state index < -0.39 is 0 Å². The van der Waals surface area contributed by atoms with Gasteiger partial charge in [-0.15, -0.1) is 0 Å². The van der Waals surface area contributed by atoms with Crippen molar-refractivity contribution in [1.29, 1.82) is 0 Å². The van der Waals surface area contributed by atoms with Crippen molar-refractivity contribution in [3.8, 4) is 0 Å². The predicted octanol–water partition coefficient (Wildman–Crippen LogP) is 3.89. The van der Waals surface area contributed by atoms with Crippen LogP contribution >= 0.6 is 0 Å². The maximum atomic E-state index is 12.1. The van der Waals surface area contributed by atoms with Crippen molar-refractivity contribution >= 4 is 5.71 Å². The highest BCUT2D eigenvalue weighted by atomic mass is 16.9. The summed E-state index contributed by atoms with van der Waals surface area (Å²) in [6, 6.07) is 0. The molecule has 0 bridgehead atoms. The van der Waals surface area contributed by atoms with Gasteiger partial charge in [-0.3, -0.25) is 5.21 Å². The molecule has 0 saturated carbocycles. The molecule has 0 N–H and O–H groups in total. The molecule has 1 aliphatic heterocycles. The van der Waals surface area contributed by atoms with E-state index in [1.807, 2.05) is 0 Å². The van der Waals surface area contributed by atoms with E-state index in [0.717, 1.165) is 36.3 Å². The normalized spacial score (nSPS) is 31.8. The Morgan fingerprint density at radius 2 is 1.84 bits per heavy atom. The van der Waals surface area contributed by atoms with Gasteiger partial charge in [-0.05, 0) is 51.4 Å². The van der Waals surface area contributed by atoms with Gasteiger partial charge in [0.25, 0.3) is 5.71 Å². The highest BCUT2D eigenvalue weighted by Crippen LogP contribution is 2.34. The van der Waals surface area contributed by atoms with Crippen LogP contribution in [0, 0.1) is 11.1 Å². The van der Waals surface area contributed by atoms with Crippen LogP contribution in [0.5, 0.6) is 0 Å². The largest absolute Gasteiger partial charge is 0.394 e. The summed E-state index contributed by atoms with van der Waals surface area (Å²) in [4.78, 5) is 6.42. The minimum Gasteiger partial charge on any atom is -0.394 e. The van der Waals surface area contributed by atoms with Crippen molar-refractivity contribution in [3.05, 3.63) is 28.5 Å². The van der Waals surface area contributed by atoms with Crippen molar-refractivity contribution in [3.63, 3.8) is 0 Å². The molecular weight excluding hydrogens is 238 g/mol. The van der Waals surface area contributed by atoms with E-state index in [1.165, 1.54) is 36.8 Å². The highest BCUT2D eigenvalue weighted by molar-refractivity contribution is 5.99. The van der Waals surface area contributed by atoms with Gasteiger partial charge >= 0.3 is 0 Å². The standard InChI is InChI=1S/C16H23NO2/c1-12-15(13-8-4-2-5-9-13)17(18)19-16(12)14-10-6-3-7-11-14/h8,10,12,16H,2-7,9,11H2,1H3/t12-,16-/m1/s1. The summed E-state index contributed by atoms with van der Waals surface area (Å²) in [5.41, 5.74) is 3.45. The Bertz CT molecular complexity index is 448. The lowest BCUT2D eigenvalue weighted by atomic mass is 9.83. The van der Waals surface area contributed by atoms with Crippen molar-refractivity contribution in [2.24, 2.45) is 5.92 Å². The average molecular weight is 261 g/mol. The zero-order chi connectivity index (χ0) is 13.2. The second-order valence-electron chi connectivity index (χ2n) is 5.96. The lowest BCUT2D eigenvalue weighted by Gasteiger charge is -2.22. The number of rotatable bonds is 2. The van der Waals surface area contributed by atoms with Gasteiger partial charge in [-0.25, -0.2) is 0 Å². The van der Waals surface area contributed by atoms with Crippen LogP contribution in [0.15, 0.2) is 23.3 Å². The van der Waals surface area contributed by atoms with Gasteiger partial charge in [0.2, 0.25) is 0 Å². The fourth-order valence-corrected chi connectivity index (χ4v) is 3.55. The van der Waals surface area contributed by atoms with E-state index in [1.54, 1.807) is 0 Å².